The van der Waals surface area contributed by atoms with E-state index in [-0.39, 0.29) is 0 Å². The molecule has 0 N–H and O–H groups in total. The Morgan fingerprint density at radius 2 is 2.12 bits per heavy atom. The van der Waals surface area contributed by atoms with Crippen molar-refractivity contribution in [3.8, 4) is 6.07 Å². The van der Waals surface area contributed by atoms with Crippen LogP contribution < -0.4 is 4.90 Å². The zero-order valence-electron chi connectivity index (χ0n) is 13.5. The molecule has 1 aliphatic rings. The Labute approximate surface area is 153 Å². The first-order chi connectivity index (χ1) is 12.3. The quantitative estimate of drug-likeness (QED) is 0.651. The van der Waals surface area contributed by atoms with E-state index < -0.39 is 0 Å². The van der Waals surface area contributed by atoms with E-state index in [1.54, 1.807) is 11.3 Å². The number of rotatable bonds is 4. The molecule has 1 aromatic carbocycles. The van der Waals surface area contributed by atoms with E-state index in [1.807, 2.05) is 0 Å². The molecule has 0 spiro atoms. The Morgan fingerprint density at radius 3 is 2.88 bits per heavy atom. The van der Waals surface area contributed by atoms with Crippen LogP contribution in [0.2, 0.25) is 0 Å². The second-order valence-corrected chi connectivity index (χ2v) is 7.90. The van der Waals surface area contributed by atoms with Gasteiger partial charge in [0.2, 0.25) is 0 Å². The lowest BCUT2D eigenvalue weighted by Gasteiger charge is -2.27. The summed E-state index contributed by atoms with van der Waals surface area (Å²) in [6.45, 7) is 2.83. The van der Waals surface area contributed by atoms with Crippen molar-refractivity contribution in [1.82, 2.24) is 0 Å². The maximum absolute atomic E-state index is 11.6. The van der Waals surface area contributed by atoms with Gasteiger partial charge in [0.15, 0.2) is 6.29 Å². The lowest BCUT2D eigenvalue weighted by atomic mass is 10.0. The van der Waals surface area contributed by atoms with Crippen LogP contribution >= 0.6 is 22.7 Å². The highest BCUT2D eigenvalue weighted by Gasteiger charge is 2.23. The monoisotopic (exact) mass is 368 g/mol. The van der Waals surface area contributed by atoms with Crippen LogP contribution in [0.4, 0.5) is 5.00 Å². The Bertz CT molecular complexity index is 962. The van der Waals surface area contributed by atoms with E-state index in [2.05, 4.69) is 40.6 Å². The smallest absolute Gasteiger partial charge is 0.160 e. The number of hydrogen-bond donors (Lipinski definition) is 0. The largest absolute Gasteiger partial charge is 0.378 e. The van der Waals surface area contributed by atoms with Gasteiger partial charge in [-0.2, -0.15) is 5.26 Å². The van der Waals surface area contributed by atoms with Crippen LogP contribution in [0.5, 0.6) is 0 Å². The summed E-state index contributed by atoms with van der Waals surface area (Å²) in [4.78, 5) is 14.4. The Morgan fingerprint density at radius 1 is 1.28 bits per heavy atom. The summed E-state index contributed by atoms with van der Waals surface area (Å²) in [6.07, 6.45) is 1.48. The Hall–Kier alpha value is -2.20. The first-order valence-corrected chi connectivity index (χ1v) is 9.79. The van der Waals surface area contributed by atoms with Crippen LogP contribution in [-0.2, 0) is 11.2 Å². The molecular formula is C19H16N2O2S2. The van der Waals surface area contributed by atoms with Crippen molar-refractivity contribution in [3.05, 3.63) is 51.2 Å². The first kappa shape index (κ1) is 16.3. The summed E-state index contributed by atoms with van der Waals surface area (Å²) < 4.78 is 6.65. The van der Waals surface area contributed by atoms with Crippen LogP contribution in [0.15, 0.2) is 29.6 Å². The summed E-state index contributed by atoms with van der Waals surface area (Å²) >= 11 is 3.14. The van der Waals surface area contributed by atoms with Gasteiger partial charge in [0.1, 0.15) is 11.1 Å². The fourth-order valence-corrected chi connectivity index (χ4v) is 5.08. The minimum atomic E-state index is 0.601. The molecule has 2 aromatic heterocycles. The number of aldehydes is 1. The van der Waals surface area contributed by atoms with Crippen molar-refractivity contribution in [2.45, 2.75) is 6.42 Å². The maximum atomic E-state index is 11.6. The van der Waals surface area contributed by atoms with Crippen LogP contribution in [0.3, 0.4) is 0 Å². The van der Waals surface area contributed by atoms with Gasteiger partial charge < -0.3 is 9.64 Å². The van der Waals surface area contributed by atoms with Crippen molar-refractivity contribution in [1.29, 1.82) is 5.26 Å². The minimum Gasteiger partial charge on any atom is -0.378 e. The van der Waals surface area contributed by atoms with Crippen molar-refractivity contribution in [2.24, 2.45) is 0 Å². The molecule has 3 heterocycles. The predicted molar refractivity (Wildman–Crippen MR) is 102 cm³/mol. The predicted octanol–water partition coefficient (Wildman–Crippen LogP) is 4.07. The third-order valence-electron chi connectivity index (χ3n) is 4.43. The van der Waals surface area contributed by atoms with Gasteiger partial charge in [-0.3, -0.25) is 4.79 Å². The number of benzene rings is 1. The summed E-state index contributed by atoms with van der Waals surface area (Å²) in [7, 11) is 0. The molecule has 3 aromatic rings. The van der Waals surface area contributed by atoms with E-state index in [9.17, 15) is 10.1 Å². The average molecular weight is 368 g/mol. The zero-order chi connectivity index (χ0) is 17.2. The minimum absolute atomic E-state index is 0.601. The number of carbonyl (C=O) groups is 1. The third kappa shape index (κ3) is 3.07. The van der Waals surface area contributed by atoms with Gasteiger partial charge in [-0.15, -0.1) is 22.7 Å². The van der Waals surface area contributed by atoms with Gasteiger partial charge in [0.05, 0.1) is 23.7 Å². The van der Waals surface area contributed by atoms with Crippen molar-refractivity contribution >= 4 is 44.0 Å². The maximum Gasteiger partial charge on any atom is 0.160 e. The molecule has 0 aliphatic carbocycles. The molecule has 1 fully saturated rings. The fourth-order valence-electron chi connectivity index (χ4n) is 3.17. The molecule has 6 heteroatoms. The van der Waals surface area contributed by atoms with Crippen molar-refractivity contribution < 1.29 is 9.53 Å². The van der Waals surface area contributed by atoms with Crippen LogP contribution in [0.1, 0.15) is 26.4 Å². The highest BCUT2D eigenvalue weighted by molar-refractivity contribution is 7.18. The summed E-state index contributed by atoms with van der Waals surface area (Å²) in [5.74, 6) is 0. The number of ether oxygens (including phenoxy) is 1. The SMILES string of the molecule is N#Cc1c(N2CCOCC2)sc(C=O)c1Cc1ccc2sccc2c1. The van der Waals surface area contributed by atoms with E-state index in [0.717, 1.165) is 35.5 Å². The normalized spacial score (nSPS) is 14.6. The molecule has 0 unspecified atom stereocenters. The molecule has 4 nitrogen and oxygen atoms in total. The number of anilines is 1. The molecule has 0 amide bonds. The number of hydrogen-bond acceptors (Lipinski definition) is 6. The molecule has 0 atom stereocenters. The Kier molecular flexibility index (Phi) is 4.53. The molecule has 126 valence electrons. The first-order valence-electron chi connectivity index (χ1n) is 8.10. The second kappa shape index (κ2) is 6.96. The van der Waals surface area contributed by atoms with Crippen molar-refractivity contribution in [2.75, 3.05) is 31.2 Å². The van der Waals surface area contributed by atoms with Gasteiger partial charge in [0, 0.05) is 24.2 Å². The zero-order valence-corrected chi connectivity index (χ0v) is 15.2. The van der Waals surface area contributed by atoms with E-state index >= 15 is 0 Å². The third-order valence-corrected chi connectivity index (χ3v) is 6.55. The summed E-state index contributed by atoms with van der Waals surface area (Å²) in [6, 6.07) is 10.8. The molecule has 1 aliphatic heterocycles. The number of nitriles is 1. The number of thiophene rings is 2. The molecule has 0 saturated carbocycles. The molecule has 25 heavy (non-hydrogen) atoms. The van der Waals surface area contributed by atoms with E-state index in [4.69, 9.17) is 4.74 Å². The number of nitrogens with zero attached hydrogens (tertiary/aromatic N) is 2. The average Bonchev–Trinajstić information content (AvgIpc) is 3.26. The lowest BCUT2D eigenvalue weighted by Crippen LogP contribution is -2.36. The highest BCUT2D eigenvalue weighted by Crippen LogP contribution is 2.37. The number of morpholine rings is 1. The number of carbonyl (C=O) groups excluding carboxylic acids is 1. The molecule has 0 radical (unpaired) electrons. The standard InChI is InChI=1S/C19H16N2O2S2/c20-11-16-15(10-13-1-2-17-14(9-13)3-8-24-17)18(12-22)25-19(16)21-4-6-23-7-5-21/h1-3,8-9,12H,4-7,10H2. The fraction of sp³-hybridized carbons (Fsp3) is 0.263. The summed E-state index contributed by atoms with van der Waals surface area (Å²) in [5, 5.41) is 13.9. The molecule has 0 bridgehead atoms. The topological polar surface area (TPSA) is 53.3 Å². The van der Waals surface area contributed by atoms with Gasteiger partial charge in [0.25, 0.3) is 0 Å². The van der Waals surface area contributed by atoms with Crippen LogP contribution in [-0.4, -0.2) is 32.6 Å². The van der Waals surface area contributed by atoms with E-state index in [1.165, 1.54) is 21.4 Å². The van der Waals surface area contributed by atoms with E-state index in [0.29, 0.717) is 30.1 Å². The van der Waals surface area contributed by atoms with Gasteiger partial charge in [-0.1, -0.05) is 6.07 Å². The molecule has 4 rings (SSSR count). The van der Waals surface area contributed by atoms with Gasteiger partial charge in [-0.05, 0) is 40.1 Å². The number of fused-ring (bicyclic) bond motifs is 1. The molecule has 1 saturated heterocycles. The van der Waals surface area contributed by atoms with Crippen molar-refractivity contribution in [3.63, 3.8) is 0 Å². The summed E-state index contributed by atoms with van der Waals surface area (Å²) in [5.41, 5.74) is 2.61. The Balaban J connectivity index is 1.73. The van der Waals surface area contributed by atoms with Gasteiger partial charge in [-0.25, -0.2) is 0 Å². The highest BCUT2D eigenvalue weighted by atomic mass is 32.1. The van der Waals surface area contributed by atoms with Gasteiger partial charge >= 0.3 is 0 Å². The molecular weight excluding hydrogens is 352 g/mol. The second-order valence-electron chi connectivity index (χ2n) is 5.92. The van der Waals surface area contributed by atoms with Crippen LogP contribution in [0.25, 0.3) is 10.1 Å². The van der Waals surface area contributed by atoms with Crippen LogP contribution in [0, 0.1) is 11.3 Å². The lowest BCUT2D eigenvalue weighted by molar-refractivity contribution is 0.112.